The molecule has 2 rings (SSSR count). The molecule has 2 heterocycles. The molecule has 3 atom stereocenters. The van der Waals surface area contributed by atoms with Crippen molar-refractivity contribution < 1.29 is 0 Å². The first-order chi connectivity index (χ1) is 8.49. The molecule has 1 aliphatic heterocycles. The van der Waals surface area contributed by atoms with Crippen molar-refractivity contribution in [2.24, 2.45) is 12.8 Å². The number of aromatic nitrogens is 2. The van der Waals surface area contributed by atoms with Crippen molar-refractivity contribution in [2.45, 2.75) is 31.5 Å². The lowest BCUT2D eigenvalue weighted by Gasteiger charge is -2.30. The van der Waals surface area contributed by atoms with Crippen LogP contribution in [-0.2, 0) is 7.05 Å². The number of nitrogens with two attached hydrogens (primary N) is 1. The molecule has 2 N–H and O–H groups in total. The molecule has 0 radical (unpaired) electrons. The summed E-state index contributed by atoms with van der Waals surface area (Å²) in [5.41, 5.74) is 7.42. The zero-order valence-corrected chi connectivity index (χ0v) is 11.9. The molecule has 0 amide bonds. The van der Waals surface area contributed by atoms with E-state index in [1.54, 1.807) is 0 Å². The highest BCUT2D eigenvalue weighted by Gasteiger charge is 2.32. The Morgan fingerprint density at radius 2 is 2.22 bits per heavy atom. The number of likely N-dealkylation sites (N-methyl/N-ethyl adjacent to an activating group) is 1. The van der Waals surface area contributed by atoms with E-state index in [1.165, 1.54) is 12.0 Å². The smallest absolute Gasteiger partial charge is 0.0538 e. The molecule has 1 saturated heterocycles. The van der Waals surface area contributed by atoms with Gasteiger partial charge in [-0.1, -0.05) is 0 Å². The van der Waals surface area contributed by atoms with Crippen molar-refractivity contribution in [3.8, 4) is 0 Å². The minimum atomic E-state index is 0.120. The first kappa shape index (κ1) is 13.5. The molecule has 1 aromatic rings. The van der Waals surface area contributed by atoms with Gasteiger partial charge in [0.15, 0.2) is 0 Å². The maximum absolute atomic E-state index is 6.19. The molecule has 0 saturated carbocycles. The van der Waals surface area contributed by atoms with E-state index >= 15 is 0 Å². The summed E-state index contributed by atoms with van der Waals surface area (Å²) < 4.78 is 1.85. The highest BCUT2D eigenvalue weighted by atomic mass is 15.3. The predicted molar refractivity (Wildman–Crippen MR) is 73.3 cm³/mol. The third kappa shape index (κ3) is 2.74. The van der Waals surface area contributed by atoms with Crippen molar-refractivity contribution in [2.75, 3.05) is 27.2 Å². The van der Waals surface area contributed by atoms with Crippen LogP contribution in [0.15, 0.2) is 12.4 Å². The molecule has 5 heteroatoms. The average molecular weight is 251 g/mol. The second kappa shape index (κ2) is 5.38. The summed E-state index contributed by atoms with van der Waals surface area (Å²) >= 11 is 0. The third-order valence-electron chi connectivity index (χ3n) is 3.88. The van der Waals surface area contributed by atoms with Crippen molar-refractivity contribution in [1.29, 1.82) is 0 Å². The Morgan fingerprint density at radius 1 is 1.50 bits per heavy atom. The van der Waals surface area contributed by atoms with E-state index in [1.807, 2.05) is 17.9 Å². The topological polar surface area (TPSA) is 50.3 Å². The van der Waals surface area contributed by atoms with Gasteiger partial charge in [-0.05, 0) is 27.4 Å². The van der Waals surface area contributed by atoms with Crippen LogP contribution in [0.1, 0.15) is 24.9 Å². The van der Waals surface area contributed by atoms with Gasteiger partial charge in [0.05, 0.1) is 12.2 Å². The van der Waals surface area contributed by atoms with Crippen LogP contribution in [0.3, 0.4) is 0 Å². The Kier molecular flexibility index (Phi) is 4.04. The van der Waals surface area contributed by atoms with Crippen LogP contribution in [0.25, 0.3) is 0 Å². The normalized spacial score (nSPS) is 24.7. The molecule has 102 valence electrons. The lowest BCUT2D eigenvalue weighted by Crippen LogP contribution is -2.40. The summed E-state index contributed by atoms with van der Waals surface area (Å²) in [5.74, 6) is 0. The number of aryl methyl sites for hydroxylation is 1. The van der Waals surface area contributed by atoms with E-state index in [4.69, 9.17) is 5.73 Å². The SMILES string of the molecule is CC(N)C(c1cnn(C)c1)N1CCC(N(C)C)C1. The van der Waals surface area contributed by atoms with Crippen molar-refractivity contribution in [1.82, 2.24) is 19.6 Å². The molecular weight excluding hydrogens is 226 g/mol. The van der Waals surface area contributed by atoms with Crippen LogP contribution in [0, 0.1) is 0 Å². The molecule has 18 heavy (non-hydrogen) atoms. The highest BCUT2D eigenvalue weighted by Crippen LogP contribution is 2.28. The molecule has 1 fully saturated rings. The van der Waals surface area contributed by atoms with E-state index in [-0.39, 0.29) is 12.1 Å². The first-order valence-corrected chi connectivity index (χ1v) is 6.63. The lowest BCUT2D eigenvalue weighted by atomic mass is 10.0. The summed E-state index contributed by atoms with van der Waals surface area (Å²) in [6.45, 7) is 4.29. The van der Waals surface area contributed by atoms with Gasteiger partial charge in [0, 0.05) is 44.0 Å². The monoisotopic (exact) mass is 251 g/mol. The van der Waals surface area contributed by atoms with E-state index in [0.717, 1.165) is 13.1 Å². The van der Waals surface area contributed by atoms with E-state index in [0.29, 0.717) is 6.04 Å². The largest absolute Gasteiger partial charge is 0.326 e. The summed E-state index contributed by atoms with van der Waals surface area (Å²) in [4.78, 5) is 4.80. The number of hydrogen-bond acceptors (Lipinski definition) is 4. The molecule has 0 aliphatic carbocycles. The standard InChI is InChI=1S/C13H25N5/c1-10(14)13(11-7-15-17(4)8-11)18-6-5-12(9-18)16(2)3/h7-8,10,12-13H,5-6,9,14H2,1-4H3. The average Bonchev–Trinajstić information content (AvgIpc) is 2.88. The maximum atomic E-state index is 6.19. The van der Waals surface area contributed by atoms with Gasteiger partial charge >= 0.3 is 0 Å². The van der Waals surface area contributed by atoms with Crippen molar-refractivity contribution in [3.05, 3.63) is 18.0 Å². The fourth-order valence-corrected chi connectivity index (χ4v) is 2.88. The minimum absolute atomic E-state index is 0.120. The van der Waals surface area contributed by atoms with Crippen LogP contribution in [0.5, 0.6) is 0 Å². The van der Waals surface area contributed by atoms with Gasteiger partial charge in [-0.3, -0.25) is 9.58 Å². The Bertz CT molecular complexity index is 384. The van der Waals surface area contributed by atoms with Crippen molar-refractivity contribution in [3.63, 3.8) is 0 Å². The highest BCUT2D eigenvalue weighted by molar-refractivity contribution is 5.14. The van der Waals surface area contributed by atoms with E-state index in [2.05, 4.69) is 42.1 Å². The van der Waals surface area contributed by atoms with Crippen LogP contribution < -0.4 is 5.73 Å². The summed E-state index contributed by atoms with van der Waals surface area (Å²) in [7, 11) is 6.26. The number of nitrogens with zero attached hydrogens (tertiary/aromatic N) is 4. The molecule has 1 aromatic heterocycles. The van der Waals surface area contributed by atoms with E-state index in [9.17, 15) is 0 Å². The lowest BCUT2D eigenvalue weighted by molar-refractivity contribution is 0.197. The van der Waals surface area contributed by atoms with Gasteiger partial charge in [0.25, 0.3) is 0 Å². The molecule has 0 spiro atoms. The second-order valence-corrected chi connectivity index (χ2v) is 5.65. The second-order valence-electron chi connectivity index (χ2n) is 5.65. The Labute approximate surface area is 110 Å². The Hall–Kier alpha value is -0.910. The quantitative estimate of drug-likeness (QED) is 0.844. The van der Waals surface area contributed by atoms with Gasteiger partial charge in [-0.25, -0.2) is 0 Å². The summed E-state index contributed by atoms with van der Waals surface area (Å²) in [6.07, 6.45) is 5.24. The molecule has 0 bridgehead atoms. The van der Waals surface area contributed by atoms with Crippen molar-refractivity contribution >= 4 is 0 Å². The maximum Gasteiger partial charge on any atom is 0.0538 e. The third-order valence-corrected chi connectivity index (χ3v) is 3.88. The molecule has 1 aliphatic rings. The fourth-order valence-electron chi connectivity index (χ4n) is 2.88. The molecule has 5 nitrogen and oxygen atoms in total. The van der Waals surface area contributed by atoms with Gasteiger partial charge in [-0.15, -0.1) is 0 Å². The van der Waals surface area contributed by atoms with Crippen LogP contribution in [0.4, 0.5) is 0 Å². The van der Waals surface area contributed by atoms with Crippen LogP contribution >= 0.6 is 0 Å². The first-order valence-electron chi connectivity index (χ1n) is 6.63. The van der Waals surface area contributed by atoms with Gasteiger partial charge in [0.1, 0.15) is 0 Å². The zero-order valence-electron chi connectivity index (χ0n) is 11.9. The van der Waals surface area contributed by atoms with Crippen LogP contribution in [-0.4, -0.2) is 58.8 Å². The Morgan fingerprint density at radius 3 is 2.67 bits per heavy atom. The van der Waals surface area contributed by atoms with Crippen LogP contribution in [0.2, 0.25) is 0 Å². The fraction of sp³-hybridized carbons (Fsp3) is 0.769. The number of rotatable bonds is 4. The molecule has 0 aromatic carbocycles. The summed E-state index contributed by atoms with van der Waals surface area (Å²) in [6, 6.07) is 1.04. The van der Waals surface area contributed by atoms with E-state index < -0.39 is 0 Å². The van der Waals surface area contributed by atoms with Gasteiger partial charge in [-0.2, -0.15) is 5.10 Å². The van der Waals surface area contributed by atoms with Gasteiger partial charge < -0.3 is 10.6 Å². The molecule has 3 unspecified atom stereocenters. The number of likely N-dealkylation sites (tertiary alicyclic amines) is 1. The zero-order chi connectivity index (χ0) is 13.3. The minimum Gasteiger partial charge on any atom is -0.326 e. The molecular formula is C13H25N5. The van der Waals surface area contributed by atoms with Gasteiger partial charge in [0.2, 0.25) is 0 Å². The number of hydrogen-bond donors (Lipinski definition) is 1. The summed E-state index contributed by atoms with van der Waals surface area (Å²) in [5, 5.41) is 4.27. The Balaban J connectivity index is 2.12. The predicted octanol–water partition coefficient (Wildman–Crippen LogP) is 0.444.